The molecular formula is C18H21NO2. The quantitative estimate of drug-likeness (QED) is 0.862. The van der Waals surface area contributed by atoms with Gasteiger partial charge in [-0.15, -0.1) is 0 Å². The first-order valence-electron chi connectivity index (χ1n) is 7.26. The molecule has 21 heavy (non-hydrogen) atoms. The predicted octanol–water partition coefficient (Wildman–Crippen LogP) is 4.22. The number of anilines is 1. The Morgan fingerprint density at radius 3 is 2.38 bits per heavy atom. The van der Waals surface area contributed by atoms with Crippen molar-refractivity contribution < 1.29 is 9.53 Å². The summed E-state index contributed by atoms with van der Waals surface area (Å²) in [6.45, 7) is 4.38. The third-order valence-electron chi connectivity index (χ3n) is 3.49. The fourth-order valence-corrected chi connectivity index (χ4v) is 2.00. The van der Waals surface area contributed by atoms with Gasteiger partial charge >= 0.3 is 0 Å². The van der Waals surface area contributed by atoms with E-state index in [-0.39, 0.29) is 12.5 Å². The zero-order valence-electron chi connectivity index (χ0n) is 12.5. The van der Waals surface area contributed by atoms with Crippen LogP contribution in [0.25, 0.3) is 0 Å². The van der Waals surface area contributed by atoms with Gasteiger partial charge in [-0.25, -0.2) is 0 Å². The van der Waals surface area contributed by atoms with Crippen LogP contribution in [0.2, 0.25) is 0 Å². The van der Waals surface area contributed by atoms with Crippen LogP contribution in [0.5, 0.6) is 5.75 Å². The van der Waals surface area contributed by atoms with Crippen LogP contribution in [-0.4, -0.2) is 12.5 Å². The summed E-state index contributed by atoms with van der Waals surface area (Å²) in [6, 6.07) is 17.3. The van der Waals surface area contributed by atoms with E-state index in [1.807, 2.05) is 42.5 Å². The average molecular weight is 283 g/mol. The Morgan fingerprint density at radius 2 is 1.76 bits per heavy atom. The van der Waals surface area contributed by atoms with Crippen molar-refractivity contribution in [2.45, 2.75) is 26.2 Å². The maximum Gasteiger partial charge on any atom is 0.262 e. The van der Waals surface area contributed by atoms with Crippen LogP contribution in [0.15, 0.2) is 54.6 Å². The lowest BCUT2D eigenvalue weighted by Gasteiger charge is -2.11. The van der Waals surface area contributed by atoms with Crippen molar-refractivity contribution >= 4 is 11.6 Å². The molecule has 0 aliphatic heterocycles. The lowest BCUT2D eigenvalue weighted by molar-refractivity contribution is -0.118. The molecule has 2 aromatic carbocycles. The molecule has 0 saturated carbocycles. The van der Waals surface area contributed by atoms with Gasteiger partial charge in [0.1, 0.15) is 5.75 Å². The highest BCUT2D eigenvalue weighted by Gasteiger charge is 2.05. The lowest BCUT2D eigenvalue weighted by Crippen LogP contribution is -2.20. The van der Waals surface area contributed by atoms with E-state index < -0.39 is 0 Å². The van der Waals surface area contributed by atoms with Crippen molar-refractivity contribution in [3.05, 3.63) is 60.2 Å². The van der Waals surface area contributed by atoms with Crippen LogP contribution >= 0.6 is 0 Å². The van der Waals surface area contributed by atoms with E-state index in [1.54, 1.807) is 0 Å². The van der Waals surface area contributed by atoms with Crippen LogP contribution in [0.4, 0.5) is 5.69 Å². The summed E-state index contributed by atoms with van der Waals surface area (Å²) >= 11 is 0. The molecule has 1 unspecified atom stereocenters. The van der Waals surface area contributed by atoms with E-state index in [0.717, 1.165) is 12.1 Å². The van der Waals surface area contributed by atoms with E-state index in [4.69, 9.17) is 4.74 Å². The number of carbonyl (C=O) groups is 1. The first-order chi connectivity index (χ1) is 10.2. The fraction of sp³-hybridized carbons (Fsp3) is 0.278. The molecule has 1 N–H and O–H groups in total. The van der Waals surface area contributed by atoms with E-state index in [1.165, 1.54) is 5.56 Å². The molecule has 0 radical (unpaired) electrons. The summed E-state index contributed by atoms with van der Waals surface area (Å²) in [5.41, 5.74) is 2.07. The van der Waals surface area contributed by atoms with E-state index >= 15 is 0 Å². The minimum Gasteiger partial charge on any atom is -0.484 e. The zero-order chi connectivity index (χ0) is 15.1. The Balaban J connectivity index is 1.84. The van der Waals surface area contributed by atoms with Crippen molar-refractivity contribution in [3.8, 4) is 5.75 Å². The van der Waals surface area contributed by atoms with Crippen LogP contribution in [0.1, 0.15) is 31.7 Å². The molecule has 0 heterocycles. The average Bonchev–Trinajstić information content (AvgIpc) is 2.53. The molecule has 1 atom stereocenters. The summed E-state index contributed by atoms with van der Waals surface area (Å²) in [7, 11) is 0. The van der Waals surface area contributed by atoms with Gasteiger partial charge in [0.15, 0.2) is 6.61 Å². The standard InChI is InChI=1S/C18H21NO2/c1-3-14(2)15-9-11-17(12-10-15)21-13-18(20)19-16-7-5-4-6-8-16/h4-12,14H,3,13H2,1-2H3,(H,19,20). The van der Waals surface area contributed by atoms with Crippen LogP contribution in [0, 0.1) is 0 Å². The Bertz CT molecular complexity index is 564. The van der Waals surface area contributed by atoms with Gasteiger partial charge in [-0.2, -0.15) is 0 Å². The molecule has 2 rings (SSSR count). The maximum atomic E-state index is 11.8. The molecule has 1 amide bonds. The normalized spacial score (nSPS) is 11.7. The van der Waals surface area contributed by atoms with Crippen molar-refractivity contribution in [1.29, 1.82) is 0 Å². The minimum atomic E-state index is -0.160. The third kappa shape index (κ3) is 4.63. The van der Waals surface area contributed by atoms with Crippen LogP contribution in [0.3, 0.4) is 0 Å². The summed E-state index contributed by atoms with van der Waals surface area (Å²) in [4.78, 5) is 11.8. The van der Waals surface area contributed by atoms with Gasteiger partial charge in [0.25, 0.3) is 5.91 Å². The number of amides is 1. The number of benzene rings is 2. The SMILES string of the molecule is CCC(C)c1ccc(OCC(=O)Nc2ccccc2)cc1. The van der Waals surface area contributed by atoms with Crippen molar-refractivity contribution in [3.63, 3.8) is 0 Å². The molecule has 110 valence electrons. The first kappa shape index (κ1) is 15.1. The topological polar surface area (TPSA) is 38.3 Å². The van der Waals surface area contributed by atoms with Crippen molar-refractivity contribution in [1.82, 2.24) is 0 Å². The summed E-state index contributed by atoms with van der Waals surface area (Å²) < 4.78 is 5.50. The second-order valence-electron chi connectivity index (χ2n) is 5.08. The molecule has 0 bridgehead atoms. The third-order valence-corrected chi connectivity index (χ3v) is 3.49. The van der Waals surface area contributed by atoms with Gasteiger partial charge in [-0.1, -0.05) is 44.2 Å². The Hall–Kier alpha value is -2.29. The fourth-order valence-electron chi connectivity index (χ4n) is 2.00. The summed E-state index contributed by atoms with van der Waals surface area (Å²) in [6.07, 6.45) is 1.11. The van der Waals surface area contributed by atoms with Gasteiger partial charge in [0.05, 0.1) is 0 Å². The number of ether oxygens (including phenoxy) is 1. The monoisotopic (exact) mass is 283 g/mol. The second-order valence-corrected chi connectivity index (χ2v) is 5.08. The molecule has 0 aromatic heterocycles. The Labute approximate surface area is 126 Å². The highest BCUT2D eigenvalue weighted by Crippen LogP contribution is 2.21. The number of rotatable bonds is 6. The second kappa shape index (κ2) is 7.48. The summed E-state index contributed by atoms with van der Waals surface area (Å²) in [5.74, 6) is 1.10. The van der Waals surface area contributed by atoms with Gasteiger partial charge in [-0.3, -0.25) is 4.79 Å². The van der Waals surface area contributed by atoms with Gasteiger partial charge in [0, 0.05) is 5.69 Å². The van der Waals surface area contributed by atoms with E-state index in [2.05, 4.69) is 31.3 Å². The molecule has 2 aromatic rings. The van der Waals surface area contributed by atoms with Crippen molar-refractivity contribution in [2.24, 2.45) is 0 Å². The lowest BCUT2D eigenvalue weighted by atomic mass is 9.99. The maximum absolute atomic E-state index is 11.8. The largest absolute Gasteiger partial charge is 0.484 e. The number of hydrogen-bond acceptors (Lipinski definition) is 2. The number of nitrogens with one attached hydrogen (secondary N) is 1. The number of carbonyl (C=O) groups excluding carboxylic acids is 1. The van der Waals surface area contributed by atoms with Gasteiger partial charge in [-0.05, 0) is 42.2 Å². The van der Waals surface area contributed by atoms with Crippen molar-refractivity contribution in [2.75, 3.05) is 11.9 Å². The van der Waals surface area contributed by atoms with Crippen LogP contribution in [-0.2, 0) is 4.79 Å². The Kier molecular flexibility index (Phi) is 5.38. The van der Waals surface area contributed by atoms with E-state index in [0.29, 0.717) is 11.7 Å². The highest BCUT2D eigenvalue weighted by molar-refractivity contribution is 5.91. The molecule has 0 aliphatic carbocycles. The number of para-hydroxylation sites is 1. The molecule has 0 aliphatic rings. The smallest absolute Gasteiger partial charge is 0.262 e. The summed E-state index contributed by atoms with van der Waals surface area (Å²) in [5, 5.41) is 2.79. The molecule has 0 spiro atoms. The molecule has 0 saturated heterocycles. The first-order valence-corrected chi connectivity index (χ1v) is 7.26. The van der Waals surface area contributed by atoms with E-state index in [9.17, 15) is 4.79 Å². The Morgan fingerprint density at radius 1 is 1.10 bits per heavy atom. The zero-order valence-corrected chi connectivity index (χ0v) is 12.5. The molecule has 0 fully saturated rings. The predicted molar refractivity (Wildman–Crippen MR) is 85.7 cm³/mol. The molecule has 3 nitrogen and oxygen atoms in total. The van der Waals surface area contributed by atoms with Crippen LogP contribution < -0.4 is 10.1 Å². The van der Waals surface area contributed by atoms with Gasteiger partial charge < -0.3 is 10.1 Å². The number of hydrogen-bond donors (Lipinski definition) is 1. The van der Waals surface area contributed by atoms with Gasteiger partial charge in [0.2, 0.25) is 0 Å². The molecule has 3 heteroatoms. The molecular weight excluding hydrogens is 262 g/mol. The highest BCUT2D eigenvalue weighted by atomic mass is 16.5. The minimum absolute atomic E-state index is 0.0115.